The van der Waals surface area contributed by atoms with Crippen LogP contribution in [0.15, 0.2) is 64.3 Å². The van der Waals surface area contributed by atoms with Crippen LogP contribution in [0.25, 0.3) is 10.9 Å². The van der Waals surface area contributed by atoms with Gasteiger partial charge < -0.3 is 4.98 Å². The SMILES string of the molecule is NS(=O)(=O)c1cccc(Cc2cc3ccccc3[nH]c2=O)c1. The summed E-state index contributed by atoms with van der Waals surface area (Å²) < 4.78 is 22.8. The molecule has 0 aliphatic carbocycles. The number of rotatable bonds is 3. The molecule has 22 heavy (non-hydrogen) atoms. The fraction of sp³-hybridized carbons (Fsp3) is 0.0625. The van der Waals surface area contributed by atoms with Crippen LogP contribution in [0.1, 0.15) is 11.1 Å². The number of aromatic nitrogens is 1. The van der Waals surface area contributed by atoms with E-state index in [0.717, 1.165) is 10.9 Å². The van der Waals surface area contributed by atoms with E-state index >= 15 is 0 Å². The van der Waals surface area contributed by atoms with Gasteiger partial charge in [0.15, 0.2) is 0 Å². The summed E-state index contributed by atoms with van der Waals surface area (Å²) in [6.07, 6.45) is 0.337. The summed E-state index contributed by atoms with van der Waals surface area (Å²) in [6.45, 7) is 0. The number of benzene rings is 2. The van der Waals surface area contributed by atoms with Crippen molar-refractivity contribution < 1.29 is 8.42 Å². The Bertz CT molecular complexity index is 1010. The first-order chi connectivity index (χ1) is 10.4. The van der Waals surface area contributed by atoms with Gasteiger partial charge in [0.1, 0.15) is 0 Å². The first-order valence-corrected chi connectivity index (χ1v) is 8.21. The second kappa shape index (κ2) is 5.40. The molecule has 0 saturated carbocycles. The lowest BCUT2D eigenvalue weighted by Crippen LogP contribution is -2.14. The number of para-hydroxylation sites is 1. The number of sulfonamides is 1. The molecule has 3 aromatic rings. The van der Waals surface area contributed by atoms with E-state index in [1.807, 2.05) is 30.3 Å². The molecular formula is C16H14N2O3S. The molecule has 0 amide bonds. The standard InChI is InChI=1S/C16H14N2O3S/c17-22(20,21)14-6-3-4-11(9-14)8-13-10-12-5-1-2-7-15(12)18-16(13)19/h1-7,9-10H,8H2,(H,18,19)(H2,17,20,21). The Morgan fingerprint density at radius 1 is 1.00 bits per heavy atom. The maximum absolute atomic E-state index is 12.1. The first kappa shape index (κ1) is 14.5. The minimum Gasteiger partial charge on any atom is -0.322 e. The minimum absolute atomic E-state index is 0.0437. The van der Waals surface area contributed by atoms with Crippen LogP contribution in [0, 0.1) is 0 Å². The quantitative estimate of drug-likeness (QED) is 0.771. The number of primary sulfonamides is 1. The van der Waals surface area contributed by atoms with Crippen LogP contribution in [0.5, 0.6) is 0 Å². The van der Waals surface area contributed by atoms with E-state index in [1.165, 1.54) is 12.1 Å². The van der Waals surface area contributed by atoms with Gasteiger partial charge in [0, 0.05) is 17.5 Å². The van der Waals surface area contributed by atoms with Crippen molar-refractivity contribution in [2.45, 2.75) is 11.3 Å². The fourth-order valence-corrected chi connectivity index (χ4v) is 2.96. The molecule has 3 N–H and O–H groups in total. The summed E-state index contributed by atoms with van der Waals surface area (Å²) in [7, 11) is -3.75. The zero-order chi connectivity index (χ0) is 15.7. The lowest BCUT2D eigenvalue weighted by atomic mass is 10.0. The van der Waals surface area contributed by atoms with E-state index in [-0.39, 0.29) is 10.5 Å². The Morgan fingerprint density at radius 3 is 2.55 bits per heavy atom. The molecule has 0 unspecified atom stereocenters. The van der Waals surface area contributed by atoms with E-state index in [4.69, 9.17) is 5.14 Å². The van der Waals surface area contributed by atoms with Gasteiger partial charge in [-0.2, -0.15) is 0 Å². The van der Waals surface area contributed by atoms with Crippen LogP contribution >= 0.6 is 0 Å². The summed E-state index contributed by atoms with van der Waals surface area (Å²) in [5, 5.41) is 6.06. The van der Waals surface area contributed by atoms with Crippen molar-refractivity contribution in [3.63, 3.8) is 0 Å². The number of H-pyrrole nitrogens is 1. The van der Waals surface area contributed by atoms with Gasteiger partial charge in [0.05, 0.1) is 4.90 Å². The van der Waals surface area contributed by atoms with Crippen molar-refractivity contribution in [3.05, 3.63) is 76.1 Å². The molecule has 6 heteroatoms. The number of nitrogens with one attached hydrogen (secondary N) is 1. The molecular weight excluding hydrogens is 300 g/mol. The van der Waals surface area contributed by atoms with Crippen LogP contribution in [-0.4, -0.2) is 13.4 Å². The van der Waals surface area contributed by atoms with Gasteiger partial charge in [-0.05, 0) is 35.2 Å². The highest BCUT2D eigenvalue weighted by Gasteiger charge is 2.09. The molecule has 5 nitrogen and oxygen atoms in total. The first-order valence-electron chi connectivity index (χ1n) is 6.66. The lowest BCUT2D eigenvalue weighted by Gasteiger charge is -2.05. The van der Waals surface area contributed by atoms with Crippen molar-refractivity contribution in [3.8, 4) is 0 Å². The molecule has 0 bridgehead atoms. The Kier molecular flexibility index (Phi) is 3.56. The van der Waals surface area contributed by atoms with Gasteiger partial charge in [-0.1, -0.05) is 30.3 Å². The molecule has 0 radical (unpaired) electrons. The van der Waals surface area contributed by atoms with E-state index < -0.39 is 10.0 Å². The van der Waals surface area contributed by atoms with Gasteiger partial charge >= 0.3 is 0 Å². The van der Waals surface area contributed by atoms with E-state index in [9.17, 15) is 13.2 Å². The Balaban J connectivity index is 2.03. The molecule has 112 valence electrons. The van der Waals surface area contributed by atoms with Crippen LogP contribution < -0.4 is 10.7 Å². The summed E-state index contributed by atoms with van der Waals surface area (Å²) >= 11 is 0. The minimum atomic E-state index is -3.75. The summed E-state index contributed by atoms with van der Waals surface area (Å²) in [5.41, 5.74) is 1.88. The fourth-order valence-electron chi connectivity index (χ4n) is 2.38. The number of hydrogen-bond acceptors (Lipinski definition) is 3. The smallest absolute Gasteiger partial charge is 0.251 e. The zero-order valence-electron chi connectivity index (χ0n) is 11.6. The molecule has 1 heterocycles. The van der Waals surface area contributed by atoms with Gasteiger partial charge in [-0.3, -0.25) is 4.79 Å². The zero-order valence-corrected chi connectivity index (χ0v) is 12.4. The largest absolute Gasteiger partial charge is 0.322 e. The number of aromatic amines is 1. The average Bonchev–Trinajstić information content (AvgIpc) is 2.47. The Morgan fingerprint density at radius 2 is 1.77 bits per heavy atom. The molecule has 0 fully saturated rings. The normalized spacial score (nSPS) is 11.7. The predicted octanol–water partition coefficient (Wildman–Crippen LogP) is 1.77. The molecule has 0 spiro atoms. The van der Waals surface area contributed by atoms with E-state index in [1.54, 1.807) is 12.1 Å². The van der Waals surface area contributed by atoms with E-state index in [2.05, 4.69) is 4.98 Å². The van der Waals surface area contributed by atoms with Crippen molar-refractivity contribution >= 4 is 20.9 Å². The highest BCUT2D eigenvalue weighted by Crippen LogP contribution is 2.15. The van der Waals surface area contributed by atoms with Crippen molar-refractivity contribution in [1.82, 2.24) is 4.98 Å². The lowest BCUT2D eigenvalue weighted by molar-refractivity contribution is 0.597. The van der Waals surface area contributed by atoms with Crippen LogP contribution in [-0.2, 0) is 16.4 Å². The van der Waals surface area contributed by atoms with E-state index in [0.29, 0.717) is 17.5 Å². The maximum Gasteiger partial charge on any atom is 0.251 e. The average molecular weight is 314 g/mol. The van der Waals surface area contributed by atoms with Gasteiger partial charge in [-0.15, -0.1) is 0 Å². The number of fused-ring (bicyclic) bond motifs is 1. The Hall–Kier alpha value is -2.44. The van der Waals surface area contributed by atoms with Crippen LogP contribution in [0.4, 0.5) is 0 Å². The van der Waals surface area contributed by atoms with Crippen molar-refractivity contribution in [1.29, 1.82) is 0 Å². The number of hydrogen-bond donors (Lipinski definition) is 2. The molecule has 0 saturated heterocycles. The molecule has 0 aliphatic heterocycles. The molecule has 3 rings (SSSR count). The second-order valence-electron chi connectivity index (χ2n) is 5.08. The van der Waals surface area contributed by atoms with Crippen molar-refractivity contribution in [2.75, 3.05) is 0 Å². The summed E-state index contributed by atoms with van der Waals surface area (Å²) in [5.74, 6) is 0. The number of pyridine rings is 1. The maximum atomic E-state index is 12.1. The summed E-state index contributed by atoms with van der Waals surface area (Å²) in [6, 6.07) is 15.6. The molecule has 0 atom stereocenters. The molecule has 0 aliphatic rings. The summed E-state index contributed by atoms with van der Waals surface area (Å²) in [4.78, 5) is 15.0. The van der Waals surface area contributed by atoms with Crippen molar-refractivity contribution in [2.24, 2.45) is 5.14 Å². The third-order valence-electron chi connectivity index (χ3n) is 3.45. The Labute approximate surface area is 127 Å². The number of nitrogens with two attached hydrogens (primary N) is 1. The van der Waals surface area contributed by atoms with Gasteiger partial charge in [-0.25, -0.2) is 13.6 Å². The highest BCUT2D eigenvalue weighted by molar-refractivity contribution is 7.89. The van der Waals surface area contributed by atoms with Gasteiger partial charge in [0.25, 0.3) is 5.56 Å². The monoisotopic (exact) mass is 314 g/mol. The van der Waals surface area contributed by atoms with Crippen LogP contribution in [0.3, 0.4) is 0 Å². The highest BCUT2D eigenvalue weighted by atomic mass is 32.2. The third kappa shape index (κ3) is 2.93. The second-order valence-corrected chi connectivity index (χ2v) is 6.64. The third-order valence-corrected chi connectivity index (χ3v) is 4.36. The molecule has 1 aromatic heterocycles. The topological polar surface area (TPSA) is 93.0 Å². The van der Waals surface area contributed by atoms with Crippen LogP contribution in [0.2, 0.25) is 0 Å². The van der Waals surface area contributed by atoms with Gasteiger partial charge in [0.2, 0.25) is 10.0 Å². The molecule has 2 aromatic carbocycles. The predicted molar refractivity (Wildman–Crippen MR) is 85.2 cm³/mol.